The van der Waals surface area contributed by atoms with Crippen molar-refractivity contribution >= 4 is 23.3 Å². The maximum Gasteiger partial charge on any atom is 0.319 e. The molecular formula is C15H17ClN4O. The monoisotopic (exact) mass is 304 g/mol. The molecule has 1 aromatic heterocycles. The van der Waals surface area contributed by atoms with E-state index in [-0.39, 0.29) is 12.1 Å². The van der Waals surface area contributed by atoms with Crippen molar-refractivity contribution in [3.05, 3.63) is 46.2 Å². The number of rotatable bonds is 2. The van der Waals surface area contributed by atoms with Crippen molar-refractivity contribution in [2.45, 2.75) is 32.2 Å². The predicted octanol–water partition coefficient (Wildman–Crippen LogP) is 3.05. The number of para-hydroxylation sites is 1. The molecule has 0 aliphatic heterocycles. The smallest absolute Gasteiger partial charge is 0.319 e. The molecule has 1 atom stereocenters. The number of hydrogen-bond donors (Lipinski definition) is 3. The average molecular weight is 305 g/mol. The summed E-state index contributed by atoms with van der Waals surface area (Å²) in [6.07, 6.45) is 4.45. The lowest BCUT2D eigenvalue weighted by Gasteiger charge is -2.23. The van der Waals surface area contributed by atoms with Crippen molar-refractivity contribution in [1.82, 2.24) is 15.5 Å². The molecule has 6 heteroatoms. The second-order valence-corrected chi connectivity index (χ2v) is 5.75. The number of aromatic amines is 1. The molecule has 110 valence electrons. The normalized spacial score (nSPS) is 17.1. The van der Waals surface area contributed by atoms with Crippen molar-refractivity contribution in [3.63, 3.8) is 0 Å². The highest BCUT2D eigenvalue weighted by Gasteiger charge is 2.21. The molecule has 0 unspecified atom stereocenters. The third-order valence-corrected chi connectivity index (χ3v) is 4.13. The van der Waals surface area contributed by atoms with E-state index in [9.17, 15) is 4.79 Å². The van der Waals surface area contributed by atoms with Gasteiger partial charge in [-0.3, -0.25) is 5.10 Å². The first-order valence-corrected chi connectivity index (χ1v) is 7.35. The van der Waals surface area contributed by atoms with Crippen molar-refractivity contribution in [2.24, 2.45) is 0 Å². The molecule has 5 nitrogen and oxygen atoms in total. The topological polar surface area (TPSA) is 69.8 Å². The maximum atomic E-state index is 12.1. The first-order chi connectivity index (χ1) is 10.1. The molecule has 1 heterocycles. The number of nitrogens with one attached hydrogen (secondary N) is 3. The van der Waals surface area contributed by atoms with Gasteiger partial charge in [0.2, 0.25) is 0 Å². The van der Waals surface area contributed by atoms with Gasteiger partial charge in [0.05, 0.1) is 16.9 Å². The standard InChI is InChI=1S/C15H17ClN4O/c1-9-3-2-4-12(16)14(9)19-15(21)18-11-5-6-13-10(7-11)8-17-20-13/h2-4,8,11H,5-7H2,1H3,(H,17,20)(H2,18,19,21)/t11-/m1/s1. The molecule has 0 saturated heterocycles. The second-order valence-electron chi connectivity index (χ2n) is 5.34. The molecule has 0 saturated carbocycles. The summed E-state index contributed by atoms with van der Waals surface area (Å²) in [5.41, 5.74) is 3.96. The molecular weight excluding hydrogens is 288 g/mol. The number of carbonyl (C=O) groups is 1. The molecule has 1 aliphatic carbocycles. The molecule has 1 aliphatic rings. The minimum atomic E-state index is -0.219. The van der Waals surface area contributed by atoms with Gasteiger partial charge in [-0.2, -0.15) is 5.10 Å². The van der Waals surface area contributed by atoms with Gasteiger partial charge >= 0.3 is 6.03 Å². The van der Waals surface area contributed by atoms with E-state index in [0.717, 1.165) is 24.8 Å². The Labute approximate surface area is 128 Å². The molecule has 1 aromatic carbocycles. The molecule has 0 spiro atoms. The van der Waals surface area contributed by atoms with Crippen molar-refractivity contribution in [3.8, 4) is 0 Å². The second kappa shape index (κ2) is 5.77. The molecule has 0 radical (unpaired) electrons. The summed E-state index contributed by atoms with van der Waals surface area (Å²) in [7, 11) is 0. The van der Waals surface area contributed by atoms with E-state index in [4.69, 9.17) is 11.6 Å². The Morgan fingerprint density at radius 2 is 2.33 bits per heavy atom. The van der Waals surface area contributed by atoms with Crippen molar-refractivity contribution < 1.29 is 4.79 Å². The predicted molar refractivity (Wildman–Crippen MR) is 82.7 cm³/mol. The summed E-state index contributed by atoms with van der Waals surface area (Å²) in [5, 5.41) is 13.4. The van der Waals surface area contributed by atoms with Crippen LogP contribution in [0, 0.1) is 6.92 Å². The van der Waals surface area contributed by atoms with E-state index in [1.54, 1.807) is 6.07 Å². The number of nitrogens with zero attached hydrogens (tertiary/aromatic N) is 1. The van der Waals surface area contributed by atoms with E-state index in [1.807, 2.05) is 25.3 Å². The lowest BCUT2D eigenvalue weighted by Crippen LogP contribution is -2.41. The number of benzene rings is 1. The van der Waals surface area contributed by atoms with E-state index in [1.165, 1.54) is 11.3 Å². The Balaban J connectivity index is 1.63. The fourth-order valence-corrected chi connectivity index (χ4v) is 2.93. The first kappa shape index (κ1) is 13.9. The van der Waals surface area contributed by atoms with Gasteiger partial charge in [-0.25, -0.2) is 4.79 Å². The van der Waals surface area contributed by atoms with Crippen LogP contribution in [0.3, 0.4) is 0 Å². The van der Waals surface area contributed by atoms with Crippen molar-refractivity contribution in [1.29, 1.82) is 0 Å². The number of aryl methyl sites for hydroxylation is 2. The highest BCUT2D eigenvalue weighted by Crippen LogP contribution is 2.25. The highest BCUT2D eigenvalue weighted by atomic mass is 35.5. The number of amides is 2. The van der Waals surface area contributed by atoms with Crippen LogP contribution in [0.25, 0.3) is 0 Å². The average Bonchev–Trinajstić information content (AvgIpc) is 2.90. The number of urea groups is 1. The van der Waals surface area contributed by atoms with Gasteiger partial charge in [-0.05, 0) is 43.4 Å². The minimum absolute atomic E-state index is 0.123. The Morgan fingerprint density at radius 3 is 3.14 bits per heavy atom. The maximum absolute atomic E-state index is 12.1. The van der Waals surface area contributed by atoms with Crippen LogP contribution >= 0.6 is 11.6 Å². The Bertz CT molecular complexity index is 647. The largest absolute Gasteiger partial charge is 0.335 e. The number of anilines is 1. The van der Waals surface area contributed by atoms with Crippen LogP contribution in [0.1, 0.15) is 23.2 Å². The van der Waals surface area contributed by atoms with E-state index in [0.29, 0.717) is 10.7 Å². The Hall–Kier alpha value is -2.01. The van der Waals surface area contributed by atoms with Gasteiger partial charge in [-0.1, -0.05) is 23.7 Å². The summed E-state index contributed by atoms with van der Waals surface area (Å²) < 4.78 is 0. The molecule has 0 bridgehead atoms. The van der Waals surface area contributed by atoms with E-state index < -0.39 is 0 Å². The van der Waals surface area contributed by atoms with Crippen LogP contribution in [0.4, 0.5) is 10.5 Å². The van der Waals surface area contributed by atoms with Crippen LogP contribution in [0.2, 0.25) is 5.02 Å². The van der Waals surface area contributed by atoms with Gasteiger partial charge in [0, 0.05) is 11.7 Å². The van der Waals surface area contributed by atoms with Crippen molar-refractivity contribution in [2.75, 3.05) is 5.32 Å². The third-order valence-electron chi connectivity index (χ3n) is 3.81. The van der Waals surface area contributed by atoms with Crippen LogP contribution in [0.15, 0.2) is 24.4 Å². The number of carbonyl (C=O) groups excluding carboxylic acids is 1. The van der Waals surface area contributed by atoms with Gasteiger partial charge < -0.3 is 10.6 Å². The van der Waals surface area contributed by atoms with E-state index in [2.05, 4.69) is 20.8 Å². The number of halogens is 1. The summed E-state index contributed by atoms with van der Waals surface area (Å²) in [6, 6.07) is 5.45. The first-order valence-electron chi connectivity index (χ1n) is 6.97. The van der Waals surface area contributed by atoms with Gasteiger partial charge in [0.15, 0.2) is 0 Å². The lowest BCUT2D eigenvalue weighted by molar-refractivity contribution is 0.247. The summed E-state index contributed by atoms with van der Waals surface area (Å²) >= 11 is 6.11. The lowest BCUT2D eigenvalue weighted by atomic mass is 9.94. The summed E-state index contributed by atoms with van der Waals surface area (Å²) in [4.78, 5) is 12.1. The third kappa shape index (κ3) is 3.03. The van der Waals surface area contributed by atoms with Gasteiger partial charge in [0.25, 0.3) is 0 Å². The molecule has 21 heavy (non-hydrogen) atoms. The van der Waals surface area contributed by atoms with Gasteiger partial charge in [-0.15, -0.1) is 0 Å². The molecule has 0 fully saturated rings. The summed E-state index contributed by atoms with van der Waals surface area (Å²) in [6.45, 7) is 1.92. The van der Waals surface area contributed by atoms with Crippen LogP contribution in [-0.2, 0) is 12.8 Å². The SMILES string of the molecule is Cc1cccc(Cl)c1NC(=O)N[C@@H]1CCc2[nH]ncc2C1. The zero-order chi connectivity index (χ0) is 14.8. The minimum Gasteiger partial charge on any atom is -0.335 e. The fraction of sp³-hybridized carbons (Fsp3) is 0.333. The zero-order valence-electron chi connectivity index (χ0n) is 11.7. The van der Waals surface area contributed by atoms with E-state index >= 15 is 0 Å². The Morgan fingerprint density at radius 1 is 1.48 bits per heavy atom. The molecule has 3 N–H and O–H groups in total. The van der Waals surface area contributed by atoms with Gasteiger partial charge in [0.1, 0.15) is 0 Å². The van der Waals surface area contributed by atoms with Crippen LogP contribution < -0.4 is 10.6 Å². The molecule has 2 aromatic rings. The number of fused-ring (bicyclic) bond motifs is 1. The quantitative estimate of drug-likeness (QED) is 0.798. The highest BCUT2D eigenvalue weighted by molar-refractivity contribution is 6.33. The number of H-pyrrole nitrogens is 1. The number of aromatic nitrogens is 2. The summed E-state index contributed by atoms with van der Waals surface area (Å²) in [5.74, 6) is 0. The molecule has 3 rings (SSSR count). The number of hydrogen-bond acceptors (Lipinski definition) is 2. The van der Waals surface area contributed by atoms with Crippen LogP contribution in [-0.4, -0.2) is 22.3 Å². The zero-order valence-corrected chi connectivity index (χ0v) is 12.5. The Kier molecular flexibility index (Phi) is 3.84. The molecule has 2 amide bonds. The van der Waals surface area contributed by atoms with Crippen LogP contribution in [0.5, 0.6) is 0 Å². The fourth-order valence-electron chi connectivity index (χ4n) is 2.66.